The number of carbonyl (C=O) groups is 2. The van der Waals surface area contributed by atoms with E-state index in [2.05, 4.69) is 25.7 Å². The SMILES string of the molecule is O=C(CNC(=O)[C@@H]1CCN1)Nc1nc2ccc(OC(F)(F)F)cc2s1. The number of benzene rings is 1. The number of hydrogen-bond acceptors (Lipinski definition) is 6. The number of nitrogens with one attached hydrogen (secondary N) is 3. The van der Waals surface area contributed by atoms with E-state index in [4.69, 9.17) is 0 Å². The Bertz CT molecular complexity index is 804. The quantitative estimate of drug-likeness (QED) is 0.740. The highest BCUT2D eigenvalue weighted by molar-refractivity contribution is 7.22. The van der Waals surface area contributed by atoms with Crippen LogP contribution in [0, 0.1) is 0 Å². The summed E-state index contributed by atoms with van der Waals surface area (Å²) in [4.78, 5) is 27.5. The van der Waals surface area contributed by atoms with Gasteiger partial charge in [0, 0.05) is 6.07 Å². The third kappa shape index (κ3) is 4.57. The standard InChI is InChI=1S/C14H13F3N4O3S/c15-14(16,17)24-7-1-2-8-10(5-7)25-13(20-8)21-11(22)6-19-12(23)9-3-4-18-9/h1-2,5,9,18H,3-4,6H2,(H,19,23)(H,20,21,22)/t9-/m0/s1. The van der Waals surface area contributed by atoms with Crippen molar-refractivity contribution in [2.24, 2.45) is 0 Å². The van der Waals surface area contributed by atoms with Crippen molar-refractivity contribution in [3.05, 3.63) is 18.2 Å². The number of anilines is 1. The Labute approximate surface area is 143 Å². The highest BCUT2D eigenvalue weighted by Crippen LogP contribution is 2.31. The van der Waals surface area contributed by atoms with Crippen molar-refractivity contribution in [1.82, 2.24) is 15.6 Å². The molecular weight excluding hydrogens is 361 g/mol. The molecule has 134 valence electrons. The summed E-state index contributed by atoms with van der Waals surface area (Å²) in [6.45, 7) is 0.561. The van der Waals surface area contributed by atoms with Gasteiger partial charge in [-0.15, -0.1) is 13.2 Å². The molecule has 3 N–H and O–H groups in total. The van der Waals surface area contributed by atoms with Gasteiger partial charge in [0.15, 0.2) is 5.13 Å². The maximum atomic E-state index is 12.2. The molecule has 1 aliphatic heterocycles. The van der Waals surface area contributed by atoms with E-state index in [0.717, 1.165) is 30.4 Å². The van der Waals surface area contributed by atoms with E-state index in [0.29, 0.717) is 10.2 Å². The molecule has 2 heterocycles. The topological polar surface area (TPSA) is 92.4 Å². The second kappa shape index (κ2) is 6.84. The minimum Gasteiger partial charge on any atom is -0.406 e. The smallest absolute Gasteiger partial charge is 0.406 e. The van der Waals surface area contributed by atoms with Crippen LogP contribution in [0.1, 0.15) is 6.42 Å². The average molecular weight is 374 g/mol. The molecule has 0 spiro atoms. The summed E-state index contributed by atoms with van der Waals surface area (Å²) in [5.41, 5.74) is 0.428. The molecule has 0 saturated carbocycles. The minimum absolute atomic E-state index is 0.213. The highest BCUT2D eigenvalue weighted by atomic mass is 32.1. The van der Waals surface area contributed by atoms with Crippen molar-refractivity contribution in [3.8, 4) is 5.75 Å². The van der Waals surface area contributed by atoms with Crippen molar-refractivity contribution >= 4 is 38.5 Å². The summed E-state index contributed by atoms with van der Waals surface area (Å²) in [6.07, 6.45) is -4.05. The molecule has 0 unspecified atom stereocenters. The Kier molecular flexibility index (Phi) is 4.77. The van der Waals surface area contributed by atoms with Gasteiger partial charge in [0.2, 0.25) is 11.8 Å². The molecule has 1 atom stereocenters. The first kappa shape index (κ1) is 17.4. The van der Waals surface area contributed by atoms with Crippen LogP contribution in [0.15, 0.2) is 18.2 Å². The van der Waals surface area contributed by atoms with Gasteiger partial charge in [-0.3, -0.25) is 9.59 Å². The number of carbonyl (C=O) groups excluding carboxylic acids is 2. The van der Waals surface area contributed by atoms with Gasteiger partial charge in [-0.25, -0.2) is 4.98 Å². The lowest BCUT2D eigenvalue weighted by molar-refractivity contribution is -0.274. The Hall–Kier alpha value is -2.40. The fraction of sp³-hybridized carbons (Fsp3) is 0.357. The van der Waals surface area contributed by atoms with Gasteiger partial charge in [-0.2, -0.15) is 0 Å². The molecule has 1 fully saturated rings. The van der Waals surface area contributed by atoms with Crippen molar-refractivity contribution in [3.63, 3.8) is 0 Å². The number of thiazole rings is 1. The van der Waals surface area contributed by atoms with Crippen LogP contribution in [0.2, 0.25) is 0 Å². The van der Waals surface area contributed by atoms with Crippen LogP contribution < -0.4 is 20.7 Å². The van der Waals surface area contributed by atoms with Crippen molar-refractivity contribution in [2.45, 2.75) is 18.8 Å². The summed E-state index contributed by atoms with van der Waals surface area (Å²) in [7, 11) is 0. The number of fused-ring (bicyclic) bond motifs is 1. The summed E-state index contributed by atoms with van der Waals surface area (Å²) < 4.78 is 40.9. The van der Waals surface area contributed by atoms with Gasteiger partial charge in [-0.1, -0.05) is 11.3 Å². The lowest BCUT2D eigenvalue weighted by Gasteiger charge is -2.25. The maximum absolute atomic E-state index is 12.2. The lowest BCUT2D eigenvalue weighted by Crippen LogP contribution is -2.54. The van der Waals surface area contributed by atoms with Gasteiger partial charge in [0.25, 0.3) is 0 Å². The first-order valence-corrected chi connectivity index (χ1v) is 8.09. The molecule has 3 rings (SSSR count). The van der Waals surface area contributed by atoms with E-state index in [9.17, 15) is 22.8 Å². The van der Waals surface area contributed by atoms with Crippen LogP contribution in [0.5, 0.6) is 5.75 Å². The lowest BCUT2D eigenvalue weighted by atomic mass is 10.1. The molecule has 7 nitrogen and oxygen atoms in total. The number of ether oxygens (including phenoxy) is 1. The molecule has 1 aromatic heterocycles. The van der Waals surface area contributed by atoms with E-state index in [-0.39, 0.29) is 29.4 Å². The van der Waals surface area contributed by atoms with E-state index in [1.165, 1.54) is 12.1 Å². The molecular formula is C14H13F3N4O3S. The van der Waals surface area contributed by atoms with E-state index < -0.39 is 12.3 Å². The van der Waals surface area contributed by atoms with Crippen LogP contribution >= 0.6 is 11.3 Å². The Balaban J connectivity index is 1.59. The third-order valence-corrected chi connectivity index (χ3v) is 4.34. The third-order valence-electron chi connectivity index (χ3n) is 3.40. The Morgan fingerprint density at radius 2 is 2.16 bits per heavy atom. The van der Waals surface area contributed by atoms with Gasteiger partial charge in [0.05, 0.1) is 22.8 Å². The molecule has 11 heteroatoms. The second-order valence-electron chi connectivity index (χ2n) is 5.26. The molecule has 1 saturated heterocycles. The predicted molar refractivity (Wildman–Crippen MR) is 84.4 cm³/mol. The summed E-state index contributed by atoms with van der Waals surface area (Å²) in [6, 6.07) is 3.45. The van der Waals surface area contributed by atoms with E-state index in [1.807, 2.05) is 0 Å². The molecule has 2 aromatic rings. The fourth-order valence-corrected chi connectivity index (χ4v) is 3.03. The maximum Gasteiger partial charge on any atom is 0.573 e. The normalized spacial score (nSPS) is 17.0. The predicted octanol–water partition coefficient (Wildman–Crippen LogP) is 1.61. The largest absolute Gasteiger partial charge is 0.573 e. The summed E-state index contributed by atoms with van der Waals surface area (Å²) in [5.74, 6) is -1.08. The van der Waals surface area contributed by atoms with Crippen molar-refractivity contribution in [2.75, 3.05) is 18.4 Å². The number of aromatic nitrogens is 1. The van der Waals surface area contributed by atoms with E-state index in [1.54, 1.807) is 0 Å². The van der Waals surface area contributed by atoms with Crippen LogP contribution in [-0.2, 0) is 9.59 Å². The second-order valence-corrected chi connectivity index (χ2v) is 6.29. The molecule has 0 aliphatic carbocycles. The Morgan fingerprint density at radius 1 is 1.40 bits per heavy atom. The molecule has 2 amide bonds. The van der Waals surface area contributed by atoms with Crippen LogP contribution in [0.3, 0.4) is 0 Å². The van der Waals surface area contributed by atoms with Gasteiger partial charge in [-0.05, 0) is 25.1 Å². The fourth-order valence-electron chi connectivity index (χ4n) is 2.12. The summed E-state index contributed by atoms with van der Waals surface area (Å²) >= 11 is 1.01. The van der Waals surface area contributed by atoms with Gasteiger partial charge in [0.1, 0.15) is 5.75 Å². The minimum atomic E-state index is -4.77. The van der Waals surface area contributed by atoms with Gasteiger partial charge < -0.3 is 20.7 Å². The Morgan fingerprint density at radius 3 is 2.80 bits per heavy atom. The first-order chi connectivity index (χ1) is 11.8. The molecule has 1 aromatic carbocycles. The highest BCUT2D eigenvalue weighted by Gasteiger charge is 2.31. The van der Waals surface area contributed by atoms with Crippen molar-refractivity contribution < 1.29 is 27.5 Å². The zero-order valence-corrected chi connectivity index (χ0v) is 13.5. The van der Waals surface area contributed by atoms with Crippen LogP contribution in [0.25, 0.3) is 10.2 Å². The number of alkyl halides is 3. The zero-order chi connectivity index (χ0) is 18.0. The molecule has 1 aliphatic rings. The number of rotatable bonds is 5. The number of nitrogens with zero attached hydrogens (tertiary/aromatic N) is 1. The number of hydrogen-bond donors (Lipinski definition) is 3. The summed E-state index contributed by atoms with van der Waals surface area (Å²) in [5, 5.41) is 8.13. The number of halogens is 3. The monoisotopic (exact) mass is 374 g/mol. The van der Waals surface area contributed by atoms with Crippen LogP contribution in [-0.4, -0.2) is 42.3 Å². The van der Waals surface area contributed by atoms with Gasteiger partial charge >= 0.3 is 6.36 Å². The van der Waals surface area contributed by atoms with E-state index >= 15 is 0 Å². The van der Waals surface area contributed by atoms with Crippen molar-refractivity contribution in [1.29, 1.82) is 0 Å². The molecule has 0 radical (unpaired) electrons. The molecule has 25 heavy (non-hydrogen) atoms. The first-order valence-electron chi connectivity index (χ1n) is 7.27. The van der Waals surface area contributed by atoms with Crippen LogP contribution in [0.4, 0.5) is 18.3 Å². The molecule has 0 bridgehead atoms. The average Bonchev–Trinajstić information content (AvgIpc) is 2.83. The number of amides is 2. The zero-order valence-electron chi connectivity index (χ0n) is 12.6.